The minimum absolute atomic E-state index is 0.0324. The summed E-state index contributed by atoms with van der Waals surface area (Å²) in [5, 5.41) is 7.03. The summed E-state index contributed by atoms with van der Waals surface area (Å²) in [6, 6.07) is 7.03. The number of hydrogen-bond donors (Lipinski definition) is 2. The van der Waals surface area contributed by atoms with Crippen LogP contribution in [-0.4, -0.2) is 26.6 Å². The number of nitrogens with zero attached hydrogens (tertiary/aromatic N) is 3. The number of halogens is 3. The SMILES string of the molecule is Cc1ccc(-c2cc(C(F)(F)F)nc3sc(C(N)=O)c(NC(=O)C(C)n4cc(C)cn4)c23)cc1. The molecule has 0 aliphatic carbocycles. The number of aromatic nitrogens is 3. The lowest BCUT2D eigenvalue weighted by Crippen LogP contribution is -2.25. The molecule has 3 aromatic heterocycles. The molecule has 0 spiro atoms. The predicted octanol–water partition coefficient (Wildman–Crippen LogP) is 5.09. The number of thiophene rings is 1. The Morgan fingerprint density at radius 2 is 1.82 bits per heavy atom. The zero-order valence-corrected chi connectivity index (χ0v) is 19.2. The van der Waals surface area contributed by atoms with Crippen molar-refractivity contribution < 1.29 is 22.8 Å². The van der Waals surface area contributed by atoms with E-state index in [0.717, 1.165) is 17.2 Å². The van der Waals surface area contributed by atoms with Crippen molar-refractivity contribution in [1.82, 2.24) is 14.8 Å². The molecule has 34 heavy (non-hydrogen) atoms. The lowest BCUT2D eigenvalue weighted by Gasteiger charge is -2.15. The summed E-state index contributed by atoms with van der Waals surface area (Å²) >= 11 is 0.705. The minimum atomic E-state index is -4.71. The fraction of sp³-hybridized carbons (Fsp3) is 0.217. The largest absolute Gasteiger partial charge is 0.433 e. The van der Waals surface area contributed by atoms with Gasteiger partial charge in [0, 0.05) is 11.6 Å². The molecule has 3 N–H and O–H groups in total. The number of nitrogens with one attached hydrogen (secondary N) is 1. The topological polar surface area (TPSA) is 103 Å². The highest BCUT2D eigenvalue weighted by atomic mass is 32.1. The van der Waals surface area contributed by atoms with E-state index in [4.69, 9.17) is 5.73 Å². The van der Waals surface area contributed by atoms with Crippen LogP contribution in [0.4, 0.5) is 18.9 Å². The monoisotopic (exact) mass is 487 g/mol. The van der Waals surface area contributed by atoms with E-state index in [1.165, 1.54) is 4.68 Å². The number of alkyl halides is 3. The maximum Gasteiger partial charge on any atom is 0.433 e. The second kappa shape index (κ2) is 8.56. The maximum atomic E-state index is 13.6. The maximum absolute atomic E-state index is 13.6. The van der Waals surface area contributed by atoms with Crippen LogP contribution >= 0.6 is 11.3 Å². The number of hydrogen-bond acceptors (Lipinski definition) is 5. The number of aryl methyl sites for hydroxylation is 2. The molecule has 0 fully saturated rings. The van der Waals surface area contributed by atoms with Gasteiger partial charge in [0.2, 0.25) is 5.91 Å². The number of pyridine rings is 1. The van der Waals surface area contributed by atoms with Crippen LogP contribution in [-0.2, 0) is 11.0 Å². The van der Waals surface area contributed by atoms with Crippen molar-refractivity contribution in [3.05, 3.63) is 64.4 Å². The number of fused-ring (bicyclic) bond motifs is 1. The molecular weight excluding hydrogens is 467 g/mol. The van der Waals surface area contributed by atoms with Crippen molar-refractivity contribution in [2.75, 3.05) is 5.32 Å². The zero-order valence-electron chi connectivity index (χ0n) is 18.4. The molecule has 11 heteroatoms. The summed E-state index contributed by atoms with van der Waals surface area (Å²) in [5.74, 6) is -1.40. The average Bonchev–Trinajstić information content (AvgIpc) is 3.36. The molecule has 0 radical (unpaired) electrons. The Balaban J connectivity index is 1.93. The number of rotatable bonds is 5. The van der Waals surface area contributed by atoms with Gasteiger partial charge >= 0.3 is 6.18 Å². The highest BCUT2D eigenvalue weighted by Gasteiger charge is 2.35. The van der Waals surface area contributed by atoms with Crippen LogP contribution in [0.15, 0.2) is 42.7 Å². The van der Waals surface area contributed by atoms with Crippen molar-refractivity contribution in [3.8, 4) is 11.1 Å². The van der Waals surface area contributed by atoms with Crippen LogP contribution in [0.3, 0.4) is 0 Å². The summed E-state index contributed by atoms with van der Waals surface area (Å²) in [5.41, 5.74) is 6.88. The number of carbonyl (C=O) groups excluding carboxylic acids is 2. The van der Waals surface area contributed by atoms with Gasteiger partial charge in [-0.1, -0.05) is 29.8 Å². The molecule has 0 bridgehead atoms. The van der Waals surface area contributed by atoms with E-state index < -0.39 is 29.7 Å². The zero-order chi connectivity index (χ0) is 24.8. The van der Waals surface area contributed by atoms with Gasteiger partial charge in [-0.3, -0.25) is 14.3 Å². The molecule has 2 amide bonds. The molecule has 0 saturated heterocycles. The molecule has 1 unspecified atom stereocenters. The quantitative estimate of drug-likeness (QED) is 0.409. The lowest BCUT2D eigenvalue weighted by atomic mass is 10.00. The summed E-state index contributed by atoms with van der Waals surface area (Å²) in [4.78, 5) is 28.8. The highest BCUT2D eigenvalue weighted by molar-refractivity contribution is 7.21. The second-order valence-electron chi connectivity index (χ2n) is 7.93. The van der Waals surface area contributed by atoms with E-state index >= 15 is 0 Å². The number of anilines is 1. The molecule has 7 nitrogen and oxygen atoms in total. The van der Waals surface area contributed by atoms with Gasteiger partial charge < -0.3 is 11.1 Å². The fourth-order valence-corrected chi connectivity index (χ4v) is 4.50. The van der Waals surface area contributed by atoms with Gasteiger partial charge in [-0.05, 0) is 43.5 Å². The molecule has 0 aliphatic heterocycles. The van der Waals surface area contributed by atoms with Crippen molar-refractivity contribution in [1.29, 1.82) is 0 Å². The number of nitrogens with two attached hydrogens (primary N) is 1. The van der Waals surface area contributed by atoms with Gasteiger partial charge in [0.15, 0.2) is 0 Å². The Morgan fingerprint density at radius 1 is 1.15 bits per heavy atom. The minimum Gasteiger partial charge on any atom is -0.365 e. The summed E-state index contributed by atoms with van der Waals surface area (Å²) in [6.45, 7) is 5.29. The molecule has 1 aromatic carbocycles. The van der Waals surface area contributed by atoms with Crippen LogP contribution in [0.25, 0.3) is 21.3 Å². The first-order chi connectivity index (χ1) is 16.0. The van der Waals surface area contributed by atoms with Gasteiger partial charge in [0.05, 0.1) is 11.9 Å². The Hall–Kier alpha value is -3.73. The van der Waals surface area contributed by atoms with Crippen LogP contribution in [0.5, 0.6) is 0 Å². The van der Waals surface area contributed by atoms with Crippen molar-refractivity contribution in [3.63, 3.8) is 0 Å². The first-order valence-corrected chi connectivity index (χ1v) is 11.0. The van der Waals surface area contributed by atoms with Crippen LogP contribution in [0.1, 0.15) is 39.5 Å². The molecule has 0 aliphatic rings. The number of amides is 2. The Bertz CT molecular complexity index is 1410. The molecule has 4 rings (SSSR count). The Morgan fingerprint density at radius 3 is 2.38 bits per heavy atom. The number of benzene rings is 1. The second-order valence-corrected chi connectivity index (χ2v) is 8.93. The van der Waals surface area contributed by atoms with Gasteiger partial charge in [-0.15, -0.1) is 11.3 Å². The first-order valence-electron chi connectivity index (χ1n) is 10.2. The standard InChI is InChI=1S/C23H20F3N5O2S/c1-11-4-6-14(7-5-11)15-8-16(23(24,25)26)29-22-17(15)18(19(34-22)20(27)32)30-21(33)13(3)31-10-12(2)9-28-31/h4-10,13H,1-3H3,(H2,27,32)(H,30,33). The first kappa shape index (κ1) is 23.4. The van der Waals surface area contributed by atoms with E-state index in [0.29, 0.717) is 16.9 Å². The van der Waals surface area contributed by atoms with Crippen LogP contribution in [0.2, 0.25) is 0 Å². The molecular formula is C23H20F3N5O2S. The number of primary amides is 1. The van der Waals surface area contributed by atoms with Crippen LogP contribution < -0.4 is 11.1 Å². The average molecular weight is 488 g/mol. The normalized spacial score (nSPS) is 12.6. The summed E-state index contributed by atoms with van der Waals surface area (Å²) < 4.78 is 42.3. The summed E-state index contributed by atoms with van der Waals surface area (Å²) in [7, 11) is 0. The molecule has 3 heterocycles. The van der Waals surface area contributed by atoms with Gasteiger partial charge in [-0.2, -0.15) is 18.3 Å². The van der Waals surface area contributed by atoms with Crippen molar-refractivity contribution in [2.45, 2.75) is 33.0 Å². The lowest BCUT2D eigenvalue weighted by molar-refractivity contribution is -0.140. The van der Waals surface area contributed by atoms with Gasteiger partial charge in [-0.25, -0.2) is 4.98 Å². The van der Waals surface area contributed by atoms with E-state index in [1.54, 1.807) is 43.6 Å². The third kappa shape index (κ3) is 4.38. The highest BCUT2D eigenvalue weighted by Crippen LogP contribution is 2.43. The van der Waals surface area contributed by atoms with Crippen molar-refractivity contribution in [2.24, 2.45) is 5.73 Å². The van der Waals surface area contributed by atoms with E-state index in [-0.39, 0.29) is 26.3 Å². The van der Waals surface area contributed by atoms with E-state index in [2.05, 4.69) is 15.4 Å². The number of carbonyl (C=O) groups is 2. The third-order valence-electron chi connectivity index (χ3n) is 5.29. The molecule has 4 aromatic rings. The van der Waals surface area contributed by atoms with E-state index in [9.17, 15) is 22.8 Å². The molecule has 0 saturated carbocycles. The predicted molar refractivity (Wildman–Crippen MR) is 124 cm³/mol. The van der Waals surface area contributed by atoms with Crippen LogP contribution in [0, 0.1) is 13.8 Å². The molecule has 1 atom stereocenters. The van der Waals surface area contributed by atoms with Crippen molar-refractivity contribution >= 4 is 39.1 Å². The molecule has 176 valence electrons. The third-order valence-corrected chi connectivity index (χ3v) is 6.39. The smallest absolute Gasteiger partial charge is 0.365 e. The van der Waals surface area contributed by atoms with Gasteiger partial charge in [0.25, 0.3) is 5.91 Å². The van der Waals surface area contributed by atoms with E-state index in [1.807, 2.05) is 13.8 Å². The fourth-order valence-electron chi connectivity index (χ4n) is 3.49. The summed E-state index contributed by atoms with van der Waals surface area (Å²) in [6.07, 6.45) is -1.43. The Kier molecular flexibility index (Phi) is 5.90. The Labute approximate surface area is 196 Å². The van der Waals surface area contributed by atoms with Gasteiger partial charge in [0.1, 0.15) is 21.4 Å².